The first-order chi connectivity index (χ1) is 12.9. The van der Waals surface area contributed by atoms with E-state index in [1.165, 1.54) is 0 Å². The Hall–Kier alpha value is -0.993. The van der Waals surface area contributed by atoms with Crippen LogP contribution in [0.5, 0.6) is 11.5 Å². The van der Waals surface area contributed by atoms with Gasteiger partial charge in [-0.2, -0.15) is 0 Å². The standard InChI is InChI=1S/C18H22Cl3NO4Si/c1-23-27(24-2,25-3)10-4-9-22-16-12-14(20)6-8-18(16)26-17-7-5-13(19)11-15(17)21/h5-8,11-12,22H,4,9-10H2,1-3H3. The highest BCUT2D eigenvalue weighted by molar-refractivity contribution is 6.60. The van der Waals surface area contributed by atoms with Crippen LogP contribution in [-0.4, -0.2) is 36.7 Å². The maximum atomic E-state index is 6.19. The average molecular weight is 451 g/mol. The lowest BCUT2D eigenvalue weighted by atomic mass is 10.2. The summed E-state index contributed by atoms with van der Waals surface area (Å²) in [6.07, 6.45) is 0.787. The molecule has 0 fully saturated rings. The number of benzene rings is 2. The minimum atomic E-state index is -2.58. The third-order valence-corrected chi connectivity index (χ3v) is 7.56. The van der Waals surface area contributed by atoms with Crippen LogP contribution in [0.1, 0.15) is 6.42 Å². The number of rotatable bonds is 10. The van der Waals surface area contributed by atoms with Crippen LogP contribution >= 0.6 is 34.8 Å². The summed E-state index contributed by atoms with van der Waals surface area (Å²) in [7, 11) is 2.23. The molecule has 2 rings (SSSR count). The number of hydrogen-bond acceptors (Lipinski definition) is 5. The van der Waals surface area contributed by atoms with Crippen LogP contribution in [0.15, 0.2) is 36.4 Å². The summed E-state index contributed by atoms with van der Waals surface area (Å²) >= 11 is 18.3. The van der Waals surface area contributed by atoms with E-state index >= 15 is 0 Å². The SMILES string of the molecule is CO[Si](CCCNc1cc(Cl)ccc1Oc1ccc(Cl)cc1Cl)(OC)OC. The second-order valence-corrected chi connectivity index (χ2v) is 10.0. The zero-order valence-corrected chi connectivity index (χ0v) is 18.6. The zero-order chi connectivity index (χ0) is 19.9. The second-order valence-electron chi connectivity index (χ2n) is 5.64. The van der Waals surface area contributed by atoms with E-state index in [-0.39, 0.29) is 0 Å². The van der Waals surface area contributed by atoms with Crippen LogP contribution in [0.4, 0.5) is 5.69 Å². The molecule has 0 unspecified atom stereocenters. The fraction of sp³-hybridized carbons (Fsp3) is 0.333. The van der Waals surface area contributed by atoms with Crippen molar-refractivity contribution < 1.29 is 18.0 Å². The molecule has 2 aromatic carbocycles. The molecule has 0 atom stereocenters. The summed E-state index contributed by atoms with van der Waals surface area (Å²) < 4.78 is 22.2. The predicted octanol–water partition coefficient (Wildman–Crippen LogP) is 6.12. The normalized spacial score (nSPS) is 11.5. The van der Waals surface area contributed by atoms with Crippen molar-refractivity contribution in [2.75, 3.05) is 33.2 Å². The first-order valence-electron chi connectivity index (χ1n) is 8.25. The van der Waals surface area contributed by atoms with Crippen molar-refractivity contribution >= 4 is 49.3 Å². The molecule has 5 nitrogen and oxygen atoms in total. The van der Waals surface area contributed by atoms with Crippen LogP contribution in [-0.2, 0) is 13.3 Å². The Bertz CT molecular complexity index is 751. The highest BCUT2D eigenvalue weighted by Crippen LogP contribution is 2.36. The minimum Gasteiger partial charge on any atom is -0.454 e. The molecule has 0 aromatic heterocycles. The van der Waals surface area contributed by atoms with Gasteiger partial charge in [0.15, 0.2) is 5.75 Å². The number of halogens is 3. The van der Waals surface area contributed by atoms with Crippen molar-refractivity contribution in [1.29, 1.82) is 0 Å². The van der Waals surface area contributed by atoms with E-state index in [1.807, 2.05) is 0 Å². The monoisotopic (exact) mass is 449 g/mol. The number of ether oxygens (including phenoxy) is 1. The third kappa shape index (κ3) is 6.25. The van der Waals surface area contributed by atoms with Gasteiger partial charge in [0, 0.05) is 44.0 Å². The molecule has 0 spiro atoms. The van der Waals surface area contributed by atoms with Gasteiger partial charge in [0.05, 0.1) is 10.7 Å². The topological polar surface area (TPSA) is 49.0 Å². The fourth-order valence-corrected chi connectivity index (χ4v) is 4.83. The smallest absolute Gasteiger partial charge is 0.454 e. The van der Waals surface area contributed by atoms with E-state index in [2.05, 4.69) is 5.32 Å². The maximum Gasteiger partial charge on any atom is 0.500 e. The van der Waals surface area contributed by atoms with Crippen LogP contribution in [0.3, 0.4) is 0 Å². The van der Waals surface area contributed by atoms with Crippen molar-refractivity contribution in [3.63, 3.8) is 0 Å². The van der Waals surface area contributed by atoms with Gasteiger partial charge < -0.3 is 23.3 Å². The summed E-state index contributed by atoms with van der Waals surface area (Å²) in [4.78, 5) is 0. The molecule has 0 bridgehead atoms. The molecule has 0 amide bonds. The van der Waals surface area contributed by atoms with Gasteiger partial charge in [-0.3, -0.25) is 0 Å². The van der Waals surface area contributed by atoms with E-state index in [0.717, 1.165) is 12.1 Å². The van der Waals surface area contributed by atoms with Crippen LogP contribution in [0, 0.1) is 0 Å². The van der Waals surface area contributed by atoms with Crippen molar-refractivity contribution in [2.45, 2.75) is 12.5 Å². The van der Waals surface area contributed by atoms with Gasteiger partial charge >= 0.3 is 8.80 Å². The summed E-state index contributed by atoms with van der Waals surface area (Å²) in [6, 6.07) is 11.1. The molecular formula is C18H22Cl3NO4Si. The summed E-state index contributed by atoms with van der Waals surface area (Å²) in [6.45, 7) is 0.663. The summed E-state index contributed by atoms with van der Waals surface area (Å²) in [5.41, 5.74) is 0.757. The lowest BCUT2D eigenvalue weighted by molar-refractivity contribution is 0.123. The van der Waals surface area contributed by atoms with Crippen LogP contribution in [0.25, 0.3) is 0 Å². The second kappa shape index (κ2) is 10.5. The third-order valence-electron chi connectivity index (χ3n) is 3.96. The quantitative estimate of drug-likeness (QED) is 0.349. The number of anilines is 1. The molecule has 0 radical (unpaired) electrons. The van der Waals surface area contributed by atoms with Crippen molar-refractivity contribution in [3.8, 4) is 11.5 Å². The van der Waals surface area contributed by atoms with E-state index in [0.29, 0.717) is 39.2 Å². The highest BCUT2D eigenvalue weighted by atomic mass is 35.5. The molecule has 148 valence electrons. The Morgan fingerprint density at radius 3 is 2.04 bits per heavy atom. The first-order valence-corrected chi connectivity index (χ1v) is 11.3. The van der Waals surface area contributed by atoms with E-state index in [1.54, 1.807) is 57.7 Å². The van der Waals surface area contributed by atoms with Crippen molar-refractivity contribution in [1.82, 2.24) is 0 Å². The Balaban J connectivity index is 2.05. The molecule has 0 saturated carbocycles. The molecule has 2 aromatic rings. The van der Waals surface area contributed by atoms with Crippen LogP contribution < -0.4 is 10.1 Å². The molecule has 0 aliphatic rings. The van der Waals surface area contributed by atoms with Gasteiger partial charge in [-0.05, 0) is 42.8 Å². The van der Waals surface area contributed by atoms with Crippen molar-refractivity contribution in [2.24, 2.45) is 0 Å². The van der Waals surface area contributed by atoms with E-state index < -0.39 is 8.80 Å². The lowest BCUT2D eigenvalue weighted by Crippen LogP contribution is -2.42. The molecule has 0 aliphatic heterocycles. The molecule has 9 heteroatoms. The molecular weight excluding hydrogens is 429 g/mol. The summed E-state index contributed by atoms with van der Waals surface area (Å²) in [5.74, 6) is 1.12. The summed E-state index contributed by atoms with van der Waals surface area (Å²) in [5, 5.41) is 4.90. The Labute approximate surface area is 175 Å². The molecule has 0 aliphatic carbocycles. The zero-order valence-electron chi connectivity index (χ0n) is 15.4. The van der Waals surface area contributed by atoms with E-state index in [4.69, 9.17) is 52.8 Å². The molecule has 27 heavy (non-hydrogen) atoms. The fourth-order valence-electron chi connectivity index (χ4n) is 2.49. The molecule has 1 N–H and O–H groups in total. The Morgan fingerprint density at radius 1 is 0.852 bits per heavy atom. The molecule has 0 heterocycles. The minimum absolute atomic E-state index is 0.430. The van der Waals surface area contributed by atoms with Gasteiger partial charge in [-0.15, -0.1) is 0 Å². The van der Waals surface area contributed by atoms with Gasteiger partial charge in [-0.25, -0.2) is 0 Å². The van der Waals surface area contributed by atoms with Gasteiger partial charge in [0.2, 0.25) is 0 Å². The Morgan fingerprint density at radius 2 is 1.44 bits per heavy atom. The van der Waals surface area contributed by atoms with Crippen LogP contribution in [0.2, 0.25) is 21.1 Å². The Kier molecular flexibility index (Phi) is 8.69. The average Bonchev–Trinajstić information content (AvgIpc) is 2.66. The lowest BCUT2D eigenvalue weighted by Gasteiger charge is -2.24. The maximum absolute atomic E-state index is 6.19. The number of nitrogens with one attached hydrogen (secondary N) is 1. The predicted molar refractivity (Wildman–Crippen MR) is 113 cm³/mol. The van der Waals surface area contributed by atoms with Gasteiger partial charge in [0.1, 0.15) is 5.75 Å². The van der Waals surface area contributed by atoms with E-state index in [9.17, 15) is 0 Å². The largest absolute Gasteiger partial charge is 0.500 e. The first kappa shape index (κ1) is 22.3. The van der Waals surface area contributed by atoms with Crippen molar-refractivity contribution in [3.05, 3.63) is 51.5 Å². The van der Waals surface area contributed by atoms with Gasteiger partial charge in [-0.1, -0.05) is 34.8 Å². The highest BCUT2D eigenvalue weighted by Gasteiger charge is 2.36. The number of hydrogen-bond donors (Lipinski definition) is 1. The molecule has 0 saturated heterocycles. The van der Waals surface area contributed by atoms with Gasteiger partial charge in [0.25, 0.3) is 0 Å².